The third-order valence-electron chi connectivity index (χ3n) is 4.71. The summed E-state index contributed by atoms with van der Waals surface area (Å²) in [6, 6.07) is 15.7. The van der Waals surface area contributed by atoms with E-state index in [1.165, 1.54) is 4.90 Å². The molecule has 3 rings (SSSR count). The van der Waals surface area contributed by atoms with E-state index in [-0.39, 0.29) is 42.8 Å². The Hall–Kier alpha value is -3.48. The standard InChI is InChI=1S/C24H26N2O5/c1-24(2,3)16-25(23(30)31-15-17-9-5-4-6-10-17)13-18(27)14-26-21(28)19-11-7-8-12-20(19)22(26)29/h4-12H,13-16H2,1-3H3. The van der Waals surface area contributed by atoms with Gasteiger partial charge in [-0.3, -0.25) is 19.3 Å². The van der Waals surface area contributed by atoms with Crippen LogP contribution in [0.4, 0.5) is 4.79 Å². The van der Waals surface area contributed by atoms with Crippen molar-refractivity contribution < 1.29 is 23.9 Å². The molecule has 2 aromatic carbocycles. The van der Waals surface area contributed by atoms with Crippen LogP contribution >= 0.6 is 0 Å². The van der Waals surface area contributed by atoms with Crippen molar-refractivity contribution in [2.75, 3.05) is 19.6 Å². The second kappa shape index (κ2) is 9.12. The van der Waals surface area contributed by atoms with Crippen molar-refractivity contribution in [1.82, 2.24) is 9.80 Å². The number of benzene rings is 2. The first kappa shape index (κ1) is 22.2. The summed E-state index contributed by atoms with van der Waals surface area (Å²) in [4.78, 5) is 52.6. The number of imide groups is 1. The van der Waals surface area contributed by atoms with Gasteiger partial charge >= 0.3 is 6.09 Å². The number of Topliss-reactive ketones (excluding diaryl/α,β-unsaturated/α-hetero) is 1. The normalized spacial score (nSPS) is 13.2. The van der Waals surface area contributed by atoms with Crippen LogP contribution < -0.4 is 0 Å². The zero-order valence-corrected chi connectivity index (χ0v) is 18.0. The Morgan fingerprint density at radius 3 is 2.00 bits per heavy atom. The molecule has 162 valence electrons. The first-order chi connectivity index (χ1) is 14.7. The molecule has 31 heavy (non-hydrogen) atoms. The van der Waals surface area contributed by atoms with E-state index in [9.17, 15) is 19.2 Å². The van der Waals surface area contributed by atoms with Crippen molar-refractivity contribution in [3.63, 3.8) is 0 Å². The van der Waals surface area contributed by atoms with Crippen molar-refractivity contribution >= 4 is 23.7 Å². The summed E-state index contributed by atoms with van der Waals surface area (Å²) in [5.74, 6) is -1.42. The Morgan fingerprint density at radius 1 is 0.903 bits per heavy atom. The molecule has 1 aliphatic rings. The van der Waals surface area contributed by atoms with Crippen LogP contribution in [-0.2, 0) is 16.1 Å². The Kier molecular flexibility index (Phi) is 6.53. The van der Waals surface area contributed by atoms with Gasteiger partial charge in [-0.1, -0.05) is 63.2 Å². The second-order valence-electron chi connectivity index (χ2n) is 8.74. The molecule has 0 spiro atoms. The number of carbonyl (C=O) groups excluding carboxylic acids is 4. The molecule has 0 aliphatic carbocycles. The van der Waals surface area contributed by atoms with Crippen molar-refractivity contribution in [3.05, 3.63) is 71.3 Å². The Morgan fingerprint density at radius 2 is 1.45 bits per heavy atom. The van der Waals surface area contributed by atoms with Crippen LogP contribution in [-0.4, -0.2) is 53.1 Å². The number of amides is 3. The number of ketones is 1. The van der Waals surface area contributed by atoms with Crippen molar-refractivity contribution in [3.8, 4) is 0 Å². The lowest BCUT2D eigenvalue weighted by atomic mass is 9.96. The van der Waals surface area contributed by atoms with Gasteiger partial charge in [0.2, 0.25) is 0 Å². The van der Waals surface area contributed by atoms with Gasteiger partial charge in [0.1, 0.15) is 6.61 Å². The molecule has 7 heteroatoms. The fourth-order valence-corrected chi connectivity index (χ4v) is 3.39. The summed E-state index contributed by atoms with van der Waals surface area (Å²) in [6.07, 6.45) is -0.616. The van der Waals surface area contributed by atoms with E-state index >= 15 is 0 Å². The smallest absolute Gasteiger partial charge is 0.410 e. The molecule has 3 amide bonds. The maximum absolute atomic E-state index is 12.7. The number of rotatable bonds is 7. The summed E-state index contributed by atoms with van der Waals surface area (Å²) in [7, 11) is 0. The van der Waals surface area contributed by atoms with Crippen molar-refractivity contribution in [2.24, 2.45) is 5.41 Å². The van der Waals surface area contributed by atoms with Gasteiger partial charge < -0.3 is 9.64 Å². The number of fused-ring (bicyclic) bond motifs is 1. The number of hydrogen-bond acceptors (Lipinski definition) is 5. The zero-order chi connectivity index (χ0) is 22.6. The summed E-state index contributed by atoms with van der Waals surface area (Å²) in [5, 5.41) is 0. The summed E-state index contributed by atoms with van der Waals surface area (Å²) in [6.45, 7) is 5.57. The monoisotopic (exact) mass is 422 g/mol. The topological polar surface area (TPSA) is 84.0 Å². The lowest BCUT2D eigenvalue weighted by Crippen LogP contribution is -2.44. The lowest BCUT2D eigenvalue weighted by Gasteiger charge is -2.29. The molecule has 7 nitrogen and oxygen atoms in total. The second-order valence-corrected chi connectivity index (χ2v) is 8.74. The fraction of sp³-hybridized carbons (Fsp3) is 0.333. The van der Waals surface area contributed by atoms with Crippen LogP contribution in [0.25, 0.3) is 0 Å². The zero-order valence-electron chi connectivity index (χ0n) is 18.0. The van der Waals surface area contributed by atoms with Gasteiger partial charge in [-0.05, 0) is 23.1 Å². The molecule has 1 heterocycles. The average Bonchev–Trinajstić information content (AvgIpc) is 2.96. The van der Waals surface area contributed by atoms with Gasteiger partial charge in [0.05, 0.1) is 24.2 Å². The third kappa shape index (κ3) is 5.57. The van der Waals surface area contributed by atoms with Crippen LogP contribution in [0.1, 0.15) is 47.1 Å². The molecule has 0 fully saturated rings. The van der Waals surface area contributed by atoms with Crippen LogP contribution in [0, 0.1) is 5.41 Å². The molecule has 0 unspecified atom stereocenters. The van der Waals surface area contributed by atoms with E-state index in [1.54, 1.807) is 24.3 Å². The molecule has 0 N–H and O–H groups in total. The van der Waals surface area contributed by atoms with E-state index in [4.69, 9.17) is 4.74 Å². The first-order valence-corrected chi connectivity index (χ1v) is 10.1. The molecule has 0 aromatic heterocycles. The highest BCUT2D eigenvalue weighted by Gasteiger charge is 2.36. The highest BCUT2D eigenvalue weighted by atomic mass is 16.6. The predicted molar refractivity (Wildman–Crippen MR) is 114 cm³/mol. The van der Waals surface area contributed by atoms with Crippen molar-refractivity contribution in [1.29, 1.82) is 0 Å². The average molecular weight is 422 g/mol. The van der Waals surface area contributed by atoms with Gasteiger partial charge in [-0.2, -0.15) is 0 Å². The predicted octanol–water partition coefficient (Wildman–Crippen LogP) is 3.54. The Balaban J connectivity index is 1.65. The maximum atomic E-state index is 12.7. The number of nitrogens with zero attached hydrogens (tertiary/aromatic N) is 2. The molecule has 0 atom stereocenters. The molecule has 0 bridgehead atoms. The summed E-state index contributed by atoms with van der Waals surface area (Å²) >= 11 is 0. The molecular formula is C24H26N2O5. The number of carbonyl (C=O) groups is 4. The molecule has 0 saturated carbocycles. The minimum atomic E-state index is -0.616. The van der Waals surface area contributed by atoms with Gasteiger partial charge in [-0.15, -0.1) is 0 Å². The van der Waals surface area contributed by atoms with Crippen LogP contribution in [0.3, 0.4) is 0 Å². The van der Waals surface area contributed by atoms with Crippen LogP contribution in [0.15, 0.2) is 54.6 Å². The molecular weight excluding hydrogens is 396 g/mol. The summed E-state index contributed by atoms with van der Waals surface area (Å²) in [5.41, 5.74) is 1.13. The summed E-state index contributed by atoms with van der Waals surface area (Å²) < 4.78 is 5.39. The lowest BCUT2D eigenvalue weighted by molar-refractivity contribution is -0.120. The van der Waals surface area contributed by atoms with Gasteiger partial charge in [0.25, 0.3) is 11.8 Å². The minimum Gasteiger partial charge on any atom is -0.445 e. The van der Waals surface area contributed by atoms with Crippen LogP contribution in [0.2, 0.25) is 0 Å². The van der Waals surface area contributed by atoms with E-state index < -0.39 is 23.7 Å². The highest BCUT2D eigenvalue weighted by Crippen LogP contribution is 2.22. The molecule has 1 aliphatic heterocycles. The van der Waals surface area contributed by atoms with Gasteiger partial charge in [0, 0.05) is 6.54 Å². The molecule has 2 aromatic rings. The van der Waals surface area contributed by atoms with Gasteiger partial charge in [-0.25, -0.2) is 4.79 Å². The van der Waals surface area contributed by atoms with Gasteiger partial charge in [0.15, 0.2) is 5.78 Å². The highest BCUT2D eigenvalue weighted by molar-refractivity contribution is 6.22. The largest absolute Gasteiger partial charge is 0.445 e. The first-order valence-electron chi connectivity index (χ1n) is 10.1. The van der Waals surface area contributed by atoms with E-state index in [2.05, 4.69) is 0 Å². The van der Waals surface area contributed by atoms with E-state index in [0.717, 1.165) is 10.5 Å². The fourth-order valence-electron chi connectivity index (χ4n) is 3.39. The number of ether oxygens (including phenoxy) is 1. The third-order valence-corrected chi connectivity index (χ3v) is 4.71. The maximum Gasteiger partial charge on any atom is 0.410 e. The van der Waals surface area contributed by atoms with E-state index in [1.807, 2.05) is 51.1 Å². The van der Waals surface area contributed by atoms with E-state index in [0.29, 0.717) is 0 Å². The Bertz CT molecular complexity index is 960. The van der Waals surface area contributed by atoms with Crippen molar-refractivity contribution in [2.45, 2.75) is 27.4 Å². The minimum absolute atomic E-state index is 0.0902. The molecule has 0 radical (unpaired) electrons. The quantitative estimate of drug-likeness (QED) is 0.638. The van der Waals surface area contributed by atoms with Crippen LogP contribution in [0.5, 0.6) is 0 Å². The SMILES string of the molecule is CC(C)(C)CN(CC(=O)CN1C(=O)c2ccccc2C1=O)C(=O)OCc1ccccc1. The molecule has 0 saturated heterocycles. The Labute approximate surface area is 181 Å². The number of hydrogen-bond donors (Lipinski definition) is 0.